The van der Waals surface area contributed by atoms with Gasteiger partial charge in [-0.15, -0.1) is 0 Å². The van der Waals surface area contributed by atoms with E-state index in [0.29, 0.717) is 6.54 Å². The molecule has 0 aliphatic rings. The molecule has 2 rings (SSSR count). The molecule has 0 aliphatic carbocycles. The van der Waals surface area contributed by atoms with Gasteiger partial charge in [-0.2, -0.15) is 5.10 Å². The predicted octanol–water partition coefficient (Wildman–Crippen LogP) is 2.30. The van der Waals surface area contributed by atoms with Gasteiger partial charge in [0.2, 0.25) is 0 Å². The molecule has 0 unspecified atom stereocenters. The van der Waals surface area contributed by atoms with Gasteiger partial charge in [0.15, 0.2) is 0 Å². The molecular weight excluding hydrogens is 242 g/mol. The van der Waals surface area contributed by atoms with Gasteiger partial charge in [-0.1, -0.05) is 24.3 Å². The summed E-state index contributed by atoms with van der Waals surface area (Å²) in [5, 5.41) is 8.14. The van der Waals surface area contributed by atoms with Gasteiger partial charge in [-0.05, 0) is 27.6 Å². The second-order valence-electron chi connectivity index (χ2n) is 2.92. The molecule has 0 radical (unpaired) electrons. The topological polar surface area (TPSA) is 54.7 Å². The van der Waals surface area contributed by atoms with Crippen LogP contribution in [0.1, 0.15) is 5.56 Å². The van der Waals surface area contributed by atoms with Crippen molar-refractivity contribution in [3.05, 3.63) is 34.4 Å². The van der Waals surface area contributed by atoms with E-state index in [2.05, 4.69) is 26.1 Å². The Kier molecular flexibility index (Phi) is 2.65. The zero-order valence-corrected chi connectivity index (χ0v) is 9.08. The zero-order chi connectivity index (χ0) is 9.97. The minimum atomic E-state index is 0.547. The van der Waals surface area contributed by atoms with Crippen molar-refractivity contribution < 1.29 is 0 Å². The van der Waals surface area contributed by atoms with Crippen LogP contribution in [0.3, 0.4) is 0 Å². The summed E-state index contributed by atoms with van der Waals surface area (Å²) in [6.07, 6.45) is 3.93. The number of hydrogen-bond acceptors (Lipinski definition) is 2. The van der Waals surface area contributed by atoms with Crippen LogP contribution in [0.25, 0.3) is 17.0 Å². The quantitative estimate of drug-likeness (QED) is 0.861. The molecule has 14 heavy (non-hydrogen) atoms. The van der Waals surface area contributed by atoms with E-state index in [1.54, 1.807) is 0 Å². The van der Waals surface area contributed by atoms with Crippen LogP contribution in [0.15, 0.2) is 28.9 Å². The van der Waals surface area contributed by atoms with E-state index in [1.165, 1.54) is 0 Å². The first-order chi connectivity index (χ1) is 6.83. The third-order valence-electron chi connectivity index (χ3n) is 2.00. The molecule has 2 aromatic rings. The summed E-state index contributed by atoms with van der Waals surface area (Å²) in [7, 11) is 0. The van der Waals surface area contributed by atoms with Crippen molar-refractivity contribution in [1.29, 1.82) is 0 Å². The lowest BCUT2D eigenvalue weighted by molar-refractivity contribution is 1.10. The van der Waals surface area contributed by atoms with Crippen LogP contribution in [-0.2, 0) is 0 Å². The lowest BCUT2D eigenvalue weighted by Gasteiger charge is -1.95. The van der Waals surface area contributed by atoms with Gasteiger partial charge in [-0.25, -0.2) is 0 Å². The number of nitrogens with one attached hydrogen (secondary N) is 1. The Labute approximate surface area is 90.1 Å². The third-order valence-corrected chi connectivity index (χ3v) is 2.58. The highest BCUT2D eigenvalue weighted by atomic mass is 79.9. The van der Waals surface area contributed by atoms with E-state index in [9.17, 15) is 0 Å². The summed E-state index contributed by atoms with van der Waals surface area (Å²) < 4.78 is 0.907. The molecule has 0 amide bonds. The average Bonchev–Trinajstić information content (AvgIpc) is 2.58. The smallest absolute Gasteiger partial charge is 0.109 e. The second kappa shape index (κ2) is 3.94. The number of halogens is 1. The van der Waals surface area contributed by atoms with Crippen LogP contribution in [0.2, 0.25) is 0 Å². The predicted molar refractivity (Wildman–Crippen MR) is 61.9 cm³/mol. The van der Waals surface area contributed by atoms with Gasteiger partial charge in [0.25, 0.3) is 0 Å². The van der Waals surface area contributed by atoms with E-state index < -0.39 is 0 Å². The molecule has 0 spiro atoms. The van der Waals surface area contributed by atoms with Gasteiger partial charge in [0.05, 0.1) is 5.52 Å². The first kappa shape index (κ1) is 9.43. The molecule has 3 nitrogen and oxygen atoms in total. The lowest BCUT2D eigenvalue weighted by atomic mass is 10.1. The number of H-pyrrole nitrogens is 1. The first-order valence-corrected chi connectivity index (χ1v) is 5.11. The largest absolute Gasteiger partial charge is 0.327 e. The number of nitrogens with zero attached hydrogens (tertiary/aromatic N) is 1. The minimum absolute atomic E-state index is 0.547. The van der Waals surface area contributed by atoms with E-state index in [4.69, 9.17) is 5.73 Å². The van der Waals surface area contributed by atoms with Crippen LogP contribution >= 0.6 is 15.9 Å². The second-order valence-corrected chi connectivity index (χ2v) is 3.71. The number of rotatable bonds is 2. The number of aromatic nitrogens is 2. The van der Waals surface area contributed by atoms with E-state index in [1.807, 2.05) is 30.4 Å². The van der Waals surface area contributed by atoms with Crippen LogP contribution in [-0.4, -0.2) is 16.7 Å². The minimum Gasteiger partial charge on any atom is -0.327 e. The van der Waals surface area contributed by atoms with Crippen molar-refractivity contribution in [2.45, 2.75) is 0 Å². The summed E-state index contributed by atoms with van der Waals surface area (Å²) in [5.41, 5.74) is 7.49. The fourth-order valence-corrected chi connectivity index (χ4v) is 1.91. The van der Waals surface area contributed by atoms with Gasteiger partial charge < -0.3 is 5.73 Å². The SMILES string of the molecule is NC/C=C/c1cccc2n[nH]c(Br)c12. The van der Waals surface area contributed by atoms with Crippen molar-refractivity contribution >= 4 is 32.9 Å². The molecule has 72 valence electrons. The number of hydrogen-bond donors (Lipinski definition) is 2. The molecule has 0 saturated carbocycles. The van der Waals surface area contributed by atoms with Crippen molar-refractivity contribution in [2.24, 2.45) is 5.73 Å². The number of aromatic amines is 1. The van der Waals surface area contributed by atoms with Crippen molar-refractivity contribution in [3.8, 4) is 0 Å². The van der Waals surface area contributed by atoms with Crippen molar-refractivity contribution in [1.82, 2.24) is 10.2 Å². The Morgan fingerprint density at radius 2 is 2.36 bits per heavy atom. The van der Waals surface area contributed by atoms with Crippen molar-refractivity contribution in [2.75, 3.05) is 6.54 Å². The number of benzene rings is 1. The Morgan fingerprint density at radius 1 is 1.50 bits per heavy atom. The molecule has 1 aromatic heterocycles. The number of fused-ring (bicyclic) bond motifs is 1. The summed E-state index contributed by atoms with van der Waals surface area (Å²) in [6, 6.07) is 5.98. The summed E-state index contributed by atoms with van der Waals surface area (Å²) in [5.74, 6) is 0. The first-order valence-electron chi connectivity index (χ1n) is 4.32. The highest BCUT2D eigenvalue weighted by Gasteiger charge is 2.04. The van der Waals surface area contributed by atoms with Crippen LogP contribution in [0, 0.1) is 0 Å². The standard InChI is InChI=1S/C10H10BrN3/c11-10-9-7(4-2-6-12)3-1-5-8(9)13-14-10/h1-5H,6,12H2,(H,13,14)/b4-2+. The number of nitrogens with two attached hydrogens (primary N) is 1. The maximum absolute atomic E-state index is 5.41. The van der Waals surface area contributed by atoms with E-state index in [0.717, 1.165) is 21.1 Å². The molecular formula is C10H10BrN3. The lowest BCUT2D eigenvalue weighted by Crippen LogP contribution is -1.91. The molecule has 0 fully saturated rings. The fraction of sp³-hybridized carbons (Fsp3) is 0.100. The highest BCUT2D eigenvalue weighted by molar-refractivity contribution is 9.10. The summed E-state index contributed by atoms with van der Waals surface area (Å²) >= 11 is 3.43. The van der Waals surface area contributed by atoms with Gasteiger partial charge in [-0.3, -0.25) is 5.10 Å². The Balaban J connectivity index is 2.63. The summed E-state index contributed by atoms with van der Waals surface area (Å²) in [4.78, 5) is 0. The zero-order valence-electron chi connectivity index (χ0n) is 7.50. The maximum atomic E-state index is 5.41. The average molecular weight is 252 g/mol. The van der Waals surface area contributed by atoms with Crippen molar-refractivity contribution in [3.63, 3.8) is 0 Å². The Morgan fingerprint density at radius 3 is 3.14 bits per heavy atom. The van der Waals surface area contributed by atoms with Gasteiger partial charge in [0.1, 0.15) is 4.60 Å². The fourth-order valence-electron chi connectivity index (χ4n) is 1.39. The van der Waals surface area contributed by atoms with Crippen LogP contribution in [0.5, 0.6) is 0 Å². The Bertz CT molecular complexity index is 473. The molecule has 0 atom stereocenters. The van der Waals surface area contributed by atoms with Crippen LogP contribution < -0.4 is 5.73 Å². The summed E-state index contributed by atoms with van der Waals surface area (Å²) in [6.45, 7) is 0.547. The molecule has 3 N–H and O–H groups in total. The molecule has 0 bridgehead atoms. The van der Waals surface area contributed by atoms with Gasteiger partial charge >= 0.3 is 0 Å². The third kappa shape index (κ3) is 1.58. The monoisotopic (exact) mass is 251 g/mol. The molecule has 0 aliphatic heterocycles. The highest BCUT2D eigenvalue weighted by Crippen LogP contribution is 2.25. The van der Waals surface area contributed by atoms with Gasteiger partial charge in [0, 0.05) is 11.9 Å². The van der Waals surface area contributed by atoms with Crippen LogP contribution in [0.4, 0.5) is 0 Å². The molecule has 1 aromatic carbocycles. The Hall–Kier alpha value is -1.13. The molecule has 1 heterocycles. The normalized spacial score (nSPS) is 11.6. The maximum Gasteiger partial charge on any atom is 0.109 e. The van der Waals surface area contributed by atoms with E-state index in [-0.39, 0.29) is 0 Å². The molecule has 4 heteroatoms. The molecule has 0 saturated heterocycles. The van der Waals surface area contributed by atoms with E-state index >= 15 is 0 Å².